The van der Waals surface area contributed by atoms with Crippen LogP contribution >= 0.6 is 0 Å². The number of aromatic nitrogens is 2. The number of carbonyl (C=O) groups excluding carboxylic acids is 1. The summed E-state index contributed by atoms with van der Waals surface area (Å²) >= 11 is 0. The van der Waals surface area contributed by atoms with Crippen LogP contribution in [0.1, 0.15) is 29.2 Å². The number of hydrogen-bond acceptors (Lipinski definition) is 6. The van der Waals surface area contributed by atoms with E-state index >= 15 is 0 Å². The molecule has 27 heavy (non-hydrogen) atoms. The first-order valence-corrected chi connectivity index (χ1v) is 9.49. The number of ether oxygens (including phenoxy) is 1. The third kappa shape index (κ3) is 4.40. The lowest BCUT2D eigenvalue weighted by molar-refractivity contribution is -0.0525. The van der Waals surface area contributed by atoms with E-state index in [0.29, 0.717) is 32.0 Å². The van der Waals surface area contributed by atoms with Crippen molar-refractivity contribution in [3.05, 3.63) is 42.1 Å². The zero-order valence-corrected chi connectivity index (χ0v) is 15.4. The highest BCUT2D eigenvalue weighted by molar-refractivity contribution is 5.91. The molecule has 2 fully saturated rings. The van der Waals surface area contributed by atoms with Gasteiger partial charge in [-0.25, -0.2) is 0 Å². The highest BCUT2D eigenvalue weighted by Crippen LogP contribution is 2.20. The molecule has 8 nitrogen and oxygen atoms in total. The number of amides is 1. The molecular weight excluding hydrogens is 348 g/mol. The maximum absolute atomic E-state index is 12.9. The number of β-amino-alcohol motifs (C(OH)–C–C–N with tert-alkyl or cyclic N) is 1. The minimum atomic E-state index is -1.05. The molecule has 1 atom stereocenters. The van der Waals surface area contributed by atoms with Crippen molar-refractivity contribution in [3.8, 4) is 0 Å². The molecule has 0 saturated carbocycles. The number of hydrogen-bond donors (Lipinski definition) is 1. The Morgan fingerprint density at radius 3 is 2.89 bits per heavy atom. The van der Waals surface area contributed by atoms with E-state index in [4.69, 9.17) is 9.15 Å². The fourth-order valence-electron chi connectivity index (χ4n) is 3.83. The van der Waals surface area contributed by atoms with Gasteiger partial charge < -0.3 is 24.1 Å². The number of aliphatic hydroxyl groups is 1. The molecule has 2 aromatic rings. The monoisotopic (exact) mass is 374 g/mol. The SMILES string of the molecule is O=C(c1ccc(Cn2cccn2)o1)N1CCOC[C@@](O)(CN2CCCC2)C1. The lowest BCUT2D eigenvalue weighted by Gasteiger charge is -2.33. The molecule has 0 radical (unpaired) electrons. The number of nitrogens with zero attached hydrogens (tertiary/aromatic N) is 4. The molecule has 4 heterocycles. The fraction of sp³-hybridized carbons (Fsp3) is 0.579. The Hall–Kier alpha value is -2.16. The van der Waals surface area contributed by atoms with Gasteiger partial charge in [-0.1, -0.05) is 0 Å². The molecule has 2 saturated heterocycles. The minimum Gasteiger partial charge on any atom is -0.454 e. The topological polar surface area (TPSA) is 84.0 Å². The van der Waals surface area contributed by atoms with Crippen molar-refractivity contribution in [1.82, 2.24) is 19.6 Å². The molecule has 4 rings (SSSR count). The zero-order valence-electron chi connectivity index (χ0n) is 15.4. The van der Waals surface area contributed by atoms with E-state index in [1.807, 2.05) is 12.3 Å². The second-order valence-corrected chi connectivity index (χ2v) is 7.46. The Bertz CT molecular complexity index is 754. The van der Waals surface area contributed by atoms with Crippen molar-refractivity contribution < 1.29 is 19.1 Å². The quantitative estimate of drug-likeness (QED) is 0.834. The summed E-state index contributed by atoms with van der Waals surface area (Å²) < 4.78 is 13.1. The third-order valence-electron chi connectivity index (χ3n) is 5.11. The van der Waals surface area contributed by atoms with Gasteiger partial charge >= 0.3 is 0 Å². The lowest BCUT2D eigenvalue weighted by Crippen LogP contribution is -2.52. The molecule has 2 aliphatic heterocycles. The largest absolute Gasteiger partial charge is 0.454 e. The standard InChI is InChI=1S/C19H26N4O4/c24-18(17-5-4-16(27-17)12-23-9-3-6-20-23)22-10-11-26-15-19(25,14-22)13-21-7-1-2-8-21/h3-6,9,25H,1-2,7-8,10-15H2/t19-/m1/s1. The number of likely N-dealkylation sites (tertiary alicyclic amines) is 1. The van der Waals surface area contributed by atoms with Crippen LogP contribution in [-0.4, -0.2) is 82.1 Å². The minimum absolute atomic E-state index is 0.216. The smallest absolute Gasteiger partial charge is 0.289 e. The van der Waals surface area contributed by atoms with Crippen LogP contribution in [0.15, 0.2) is 35.0 Å². The van der Waals surface area contributed by atoms with Crippen molar-refractivity contribution >= 4 is 5.91 Å². The van der Waals surface area contributed by atoms with Crippen LogP contribution in [0.2, 0.25) is 0 Å². The summed E-state index contributed by atoms with van der Waals surface area (Å²) in [7, 11) is 0. The van der Waals surface area contributed by atoms with Crippen molar-refractivity contribution in [1.29, 1.82) is 0 Å². The second kappa shape index (κ2) is 7.84. The van der Waals surface area contributed by atoms with E-state index in [1.54, 1.807) is 27.9 Å². The Balaban J connectivity index is 1.43. The van der Waals surface area contributed by atoms with Crippen molar-refractivity contribution in [2.75, 3.05) is 45.9 Å². The van der Waals surface area contributed by atoms with Crippen LogP contribution in [0.4, 0.5) is 0 Å². The first-order chi connectivity index (χ1) is 13.1. The number of furan rings is 1. The number of rotatable bonds is 5. The third-order valence-corrected chi connectivity index (χ3v) is 5.11. The Kier molecular flexibility index (Phi) is 5.29. The number of carbonyl (C=O) groups is 1. The van der Waals surface area contributed by atoms with Gasteiger partial charge in [-0.05, 0) is 44.1 Å². The maximum atomic E-state index is 12.9. The molecule has 1 amide bonds. The van der Waals surface area contributed by atoms with Crippen LogP contribution < -0.4 is 0 Å². The molecule has 0 aromatic carbocycles. The average molecular weight is 374 g/mol. The molecular formula is C19H26N4O4. The van der Waals surface area contributed by atoms with E-state index in [9.17, 15) is 9.90 Å². The molecule has 0 spiro atoms. The molecule has 2 aromatic heterocycles. The Labute approximate surface area is 158 Å². The lowest BCUT2D eigenvalue weighted by atomic mass is 10.0. The summed E-state index contributed by atoms with van der Waals surface area (Å²) in [6.07, 6.45) is 5.86. The van der Waals surface area contributed by atoms with Gasteiger partial charge in [0.2, 0.25) is 0 Å². The molecule has 8 heteroatoms. The fourth-order valence-corrected chi connectivity index (χ4v) is 3.83. The van der Waals surface area contributed by atoms with Crippen LogP contribution in [-0.2, 0) is 11.3 Å². The second-order valence-electron chi connectivity index (χ2n) is 7.46. The van der Waals surface area contributed by atoms with Gasteiger partial charge in [0.05, 0.1) is 26.3 Å². The highest BCUT2D eigenvalue weighted by Gasteiger charge is 2.37. The van der Waals surface area contributed by atoms with Crippen molar-refractivity contribution in [3.63, 3.8) is 0 Å². The van der Waals surface area contributed by atoms with E-state index in [1.165, 1.54) is 0 Å². The van der Waals surface area contributed by atoms with Gasteiger partial charge in [-0.2, -0.15) is 5.10 Å². The summed E-state index contributed by atoms with van der Waals surface area (Å²) in [5.74, 6) is 0.732. The van der Waals surface area contributed by atoms with Gasteiger partial charge in [-0.15, -0.1) is 0 Å². The van der Waals surface area contributed by atoms with Gasteiger partial charge in [0, 0.05) is 25.5 Å². The summed E-state index contributed by atoms with van der Waals surface area (Å²) in [6, 6.07) is 5.32. The van der Waals surface area contributed by atoms with Crippen molar-refractivity contribution in [2.45, 2.75) is 25.0 Å². The van der Waals surface area contributed by atoms with Gasteiger partial charge in [-0.3, -0.25) is 9.48 Å². The average Bonchev–Trinajstić information content (AvgIpc) is 3.39. The van der Waals surface area contributed by atoms with Crippen LogP contribution in [0.5, 0.6) is 0 Å². The van der Waals surface area contributed by atoms with Crippen molar-refractivity contribution in [2.24, 2.45) is 0 Å². The Morgan fingerprint density at radius 2 is 2.11 bits per heavy atom. The van der Waals surface area contributed by atoms with Gasteiger partial charge in [0.25, 0.3) is 5.91 Å². The summed E-state index contributed by atoms with van der Waals surface area (Å²) in [5.41, 5.74) is -1.05. The van der Waals surface area contributed by atoms with Crippen LogP contribution in [0.3, 0.4) is 0 Å². The zero-order chi connectivity index (χ0) is 18.7. The molecule has 146 valence electrons. The van der Waals surface area contributed by atoms with Crippen LogP contribution in [0.25, 0.3) is 0 Å². The predicted molar refractivity (Wildman–Crippen MR) is 97.4 cm³/mol. The summed E-state index contributed by atoms with van der Waals surface area (Å²) in [5, 5.41) is 15.2. The van der Waals surface area contributed by atoms with Gasteiger partial charge in [0.15, 0.2) is 5.76 Å². The molecule has 2 aliphatic rings. The molecule has 1 N–H and O–H groups in total. The highest BCUT2D eigenvalue weighted by atomic mass is 16.5. The summed E-state index contributed by atoms with van der Waals surface area (Å²) in [4.78, 5) is 16.8. The maximum Gasteiger partial charge on any atom is 0.289 e. The predicted octanol–water partition coefficient (Wildman–Crippen LogP) is 0.824. The van der Waals surface area contributed by atoms with E-state index < -0.39 is 5.60 Å². The first-order valence-electron chi connectivity index (χ1n) is 9.49. The van der Waals surface area contributed by atoms with E-state index in [0.717, 1.165) is 25.9 Å². The van der Waals surface area contributed by atoms with Gasteiger partial charge in [0.1, 0.15) is 11.4 Å². The molecule has 0 unspecified atom stereocenters. The molecule has 0 bridgehead atoms. The summed E-state index contributed by atoms with van der Waals surface area (Å²) in [6.45, 7) is 4.33. The molecule has 0 aliphatic carbocycles. The first kappa shape index (κ1) is 18.2. The normalized spacial score (nSPS) is 24.3. The van der Waals surface area contributed by atoms with E-state index in [-0.39, 0.29) is 24.8 Å². The Morgan fingerprint density at radius 1 is 1.26 bits per heavy atom. The van der Waals surface area contributed by atoms with Crippen LogP contribution in [0, 0.1) is 0 Å². The van der Waals surface area contributed by atoms with E-state index in [2.05, 4.69) is 10.00 Å².